The molecule has 11 heteroatoms. The Morgan fingerprint density at radius 2 is 1.60 bits per heavy atom. The highest BCUT2D eigenvalue weighted by atomic mass is 127. The number of sulfonamides is 1. The van der Waals surface area contributed by atoms with Crippen molar-refractivity contribution >= 4 is 55.9 Å². The Balaban J connectivity index is 2.37. The van der Waals surface area contributed by atoms with E-state index >= 15 is 0 Å². The third kappa shape index (κ3) is 5.75. The van der Waals surface area contributed by atoms with Crippen LogP contribution < -0.4 is 19.1 Å². The molecule has 0 aliphatic carbocycles. The molecule has 162 valence electrons. The number of hydrogen-bond acceptors (Lipinski definition) is 7. The lowest BCUT2D eigenvalue weighted by atomic mass is 10.1. The number of ether oxygens (including phenoxy) is 3. The van der Waals surface area contributed by atoms with E-state index < -0.39 is 28.4 Å². The smallest absolute Gasteiger partial charge is 0.340 e. The molecule has 0 saturated carbocycles. The first kappa shape index (κ1) is 23.7. The van der Waals surface area contributed by atoms with Crippen LogP contribution in [0.1, 0.15) is 10.4 Å². The summed E-state index contributed by atoms with van der Waals surface area (Å²) in [6.07, 6.45) is 1.01. The highest BCUT2D eigenvalue weighted by Crippen LogP contribution is 2.34. The van der Waals surface area contributed by atoms with Crippen molar-refractivity contribution in [3.63, 3.8) is 0 Å². The van der Waals surface area contributed by atoms with Crippen LogP contribution in [0, 0.1) is 3.57 Å². The molecule has 0 saturated heterocycles. The summed E-state index contributed by atoms with van der Waals surface area (Å²) in [4.78, 5) is 24.8. The molecular formula is C19H21IN2O7S. The normalized spacial score (nSPS) is 10.8. The van der Waals surface area contributed by atoms with Crippen LogP contribution in [0.3, 0.4) is 0 Å². The largest absolute Gasteiger partial charge is 0.493 e. The van der Waals surface area contributed by atoms with E-state index in [9.17, 15) is 18.0 Å². The fourth-order valence-electron chi connectivity index (χ4n) is 2.59. The summed E-state index contributed by atoms with van der Waals surface area (Å²) in [6.45, 7) is -0.492. The summed E-state index contributed by atoms with van der Waals surface area (Å²) in [6, 6.07) is 9.44. The van der Waals surface area contributed by atoms with Gasteiger partial charge in [-0.05, 0) is 46.9 Å². The lowest BCUT2D eigenvalue weighted by Crippen LogP contribution is -2.37. The van der Waals surface area contributed by atoms with Gasteiger partial charge >= 0.3 is 5.97 Å². The molecule has 2 aromatic carbocycles. The van der Waals surface area contributed by atoms with Crippen molar-refractivity contribution in [1.82, 2.24) is 0 Å². The van der Waals surface area contributed by atoms with Crippen LogP contribution in [0.25, 0.3) is 0 Å². The number of halogens is 1. The molecular weight excluding hydrogens is 527 g/mol. The van der Waals surface area contributed by atoms with E-state index in [1.807, 2.05) is 0 Å². The lowest BCUT2D eigenvalue weighted by Gasteiger charge is -2.22. The Morgan fingerprint density at radius 1 is 1.03 bits per heavy atom. The first-order valence-corrected chi connectivity index (χ1v) is 11.4. The second kappa shape index (κ2) is 9.98. The van der Waals surface area contributed by atoms with E-state index in [2.05, 4.69) is 27.9 Å². The number of nitrogens with zero attached hydrogens (tertiary/aromatic N) is 1. The second-order valence-electron chi connectivity index (χ2n) is 6.04. The maximum atomic E-state index is 12.7. The highest BCUT2D eigenvalue weighted by Gasteiger charge is 2.23. The van der Waals surface area contributed by atoms with Gasteiger partial charge in [0.2, 0.25) is 15.9 Å². The number of anilines is 2. The number of hydrogen-bond donors (Lipinski definition) is 1. The third-order valence-electron chi connectivity index (χ3n) is 4.01. The monoisotopic (exact) mass is 548 g/mol. The number of carbonyl (C=O) groups is 2. The number of methoxy groups -OCH3 is 3. The van der Waals surface area contributed by atoms with Gasteiger partial charge in [-0.3, -0.25) is 9.10 Å². The van der Waals surface area contributed by atoms with Gasteiger partial charge in [-0.15, -0.1) is 0 Å². The first-order chi connectivity index (χ1) is 14.1. The minimum absolute atomic E-state index is 0.0312. The minimum Gasteiger partial charge on any atom is -0.493 e. The molecule has 1 N–H and O–H groups in total. The van der Waals surface area contributed by atoms with Gasteiger partial charge in [0, 0.05) is 15.7 Å². The predicted octanol–water partition coefficient (Wildman–Crippen LogP) is 2.50. The first-order valence-electron chi connectivity index (χ1n) is 8.48. The van der Waals surface area contributed by atoms with Gasteiger partial charge in [0.05, 0.1) is 44.5 Å². The molecule has 0 aliphatic heterocycles. The Labute approximate surface area is 188 Å². The van der Waals surface area contributed by atoms with Crippen LogP contribution in [-0.4, -0.2) is 54.4 Å². The Kier molecular flexibility index (Phi) is 7.89. The molecule has 0 fully saturated rings. The molecule has 0 aromatic heterocycles. The summed E-state index contributed by atoms with van der Waals surface area (Å²) in [5.41, 5.74) is 0.470. The van der Waals surface area contributed by atoms with Crippen molar-refractivity contribution in [2.24, 2.45) is 0 Å². The summed E-state index contributed by atoms with van der Waals surface area (Å²) < 4.78 is 41.5. The molecule has 0 radical (unpaired) electrons. The van der Waals surface area contributed by atoms with E-state index in [0.29, 0.717) is 5.69 Å². The van der Waals surface area contributed by atoms with Crippen LogP contribution in [0.5, 0.6) is 11.5 Å². The van der Waals surface area contributed by atoms with Gasteiger partial charge in [0.15, 0.2) is 11.5 Å². The quantitative estimate of drug-likeness (QED) is 0.399. The fourth-order valence-corrected chi connectivity index (χ4v) is 3.80. The predicted molar refractivity (Wildman–Crippen MR) is 121 cm³/mol. The van der Waals surface area contributed by atoms with Crippen LogP contribution in [0.4, 0.5) is 11.4 Å². The van der Waals surface area contributed by atoms with E-state index in [1.54, 1.807) is 24.3 Å². The topological polar surface area (TPSA) is 111 Å². The number of carbonyl (C=O) groups excluding carboxylic acids is 2. The molecule has 2 aromatic rings. The van der Waals surface area contributed by atoms with Crippen LogP contribution in [-0.2, 0) is 19.6 Å². The van der Waals surface area contributed by atoms with Crippen LogP contribution in [0.15, 0.2) is 36.4 Å². The number of esters is 1. The maximum Gasteiger partial charge on any atom is 0.340 e. The van der Waals surface area contributed by atoms with Gasteiger partial charge < -0.3 is 19.5 Å². The molecule has 2 rings (SSSR count). The number of nitrogens with one attached hydrogen (secondary N) is 1. The van der Waals surface area contributed by atoms with Gasteiger partial charge in [-0.25, -0.2) is 13.2 Å². The number of rotatable bonds is 8. The zero-order valence-corrected chi connectivity index (χ0v) is 19.7. The zero-order chi connectivity index (χ0) is 22.5. The van der Waals surface area contributed by atoms with Crippen molar-refractivity contribution in [2.75, 3.05) is 43.8 Å². The molecule has 0 spiro atoms. The SMILES string of the molecule is COC(=O)c1cc(OC)c(OC)cc1NC(=O)CN(c1ccc(I)cc1)S(C)(=O)=O. The zero-order valence-electron chi connectivity index (χ0n) is 16.8. The van der Waals surface area contributed by atoms with Crippen molar-refractivity contribution in [3.8, 4) is 11.5 Å². The maximum absolute atomic E-state index is 12.7. The molecule has 9 nitrogen and oxygen atoms in total. The van der Waals surface area contributed by atoms with Crippen LogP contribution in [0.2, 0.25) is 0 Å². The fraction of sp³-hybridized carbons (Fsp3) is 0.263. The minimum atomic E-state index is -3.74. The van der Waals surface area contributed by atoms with E-state index in [4.69, 9.17) is 14.2 Å². The van der Waals surface area contributed by atoms with Crippen molar-refractivity contribution < 1.29 is 32.2 Å². The Bertz CT molecular complexity index is 1040. The molecule has 0 atom stereocenters. The lowest BCUT2D eigenvalue weighted by molar-refractivity contribution is -0.114. The van der Waals surface area contributed by atoms with Crippen molar-refractivity contribution in [3.05, 3.63) is 45.5 Å². The van der Waals surface area contributed by atoms with E-state index in [1.165, 1.54) is 33.5 Å². The van der Waals surface area contributed by atoms with Gasteiger partial charge in [0.1, 0.15) is 6.54 Å². The molecule has 30 heavy (non-hydrogen) atoms. The van der Waals surface area contributed by atoms with Gasteiger partial charge in [0.25, 0.3) is 0 Å². The van der Waals surface area contributed by atoms with Crippen LogP contribution >= 0.6 is 22.6 Å². The second-order valence-corrected chi connectivity index (χ2v) is 9.19. The molecule has 0 aliphatic rings. The number of benzene rings is 2. The summed E-state index contributed by atoms with van der Waals surface area (Å²) in [7, 11) is 0.273. The van der Waals surface area contributed by atoms with E-state index in [-0.39, 0.29) is 22.7 Å². The third-order valence-corrected chi connectivity index (χ3v) is 5.87. The molecule has 0 unspecified atom stereocenters. The molecule has 1 amide bonds. The standard InChI is InChI=1S/C19H21IN2O7S/c1-27-16-9-14(19(24)29-3)15(10-17(16)28-2)21-18(23)11-22(30(4,25)26)13-7-5-12(20)6-8-13/h5-10H,11H2,1-4H3,(H,21,23). The molecule has 0 bridgehead atoms. The van der Waals surface area contributed by atoms with Crippen molar-refractivity contribution in [1.29, 1.82) is 0 Å². The average Bonchev–Trinajstić information content (AvgIpc) is 2.71. The molecule has 0 heterocycles. The Morgan fingerprint density at radius 3 is 2.10 bits per heavy atom. The van der Waals surface area contributed by atoms with E-state index in [0.717, 1.165) is 14.1 Å². The average molecular weight is 548 g/mol. The summed E-state index contributed by atoms with van der Waals surface area (Å²) in [5.74, 6) is -0.814. The van der Waals surface area contributed by atoms with Gasteiger partial charge in [-0.2, -0.15) is 0 Å². The Hall–Kier alpha value is -2.54. The summed E-state index contributed by atoms with van der Waals surface area (Å²) in [5, 5.41) is 2.55. The van der Waals surface area contributed by atoms with Gasteiger partial charge in [-0.1, -0.05) is 0 Å². The number of amides is 1. The highest BCUT2D eigenvalue weighted by molar-refractivity contribution is 14.1. The van der Waals surface area contributed by atoms with Crippen molar-refractivity contribution in [2.45, 2.75) is 0 Å². The summed E-state index contributed by atoms with van der Waals surface area (Å²) >= 11 is 2.09.